The van der Waals surface area contributed by atoms with Crippen molar-refractivity contribution in [2.24, 2.45) is 0 Å². The van der Waals surface area contributed by atoms with E-state index in [1.165, 1.54) is 18.2 Å². The van der Waals surface area contributed by atoms with Crippen LogP contribution >= 0.6 is 31.2 Å². The molecule has 0 saturated carbocycles. The third kappa shape index (κ3) is 4.45. The molecule has 0 bridgehead atoms. The lowest BCUT2D eigenvalue weighted by Crippen LogP contribution is -2.31. The van der Waals surface area contributed by atoms with Gasteiger partial charge in [0.05, 0.1) is 22.7 Å². The van der Waals surface area contributed by atoms with E-state index in [4.69, 9.17) is 27.7 Å². The van der Waals surface area contributed by atoms with Crippen LogP contribution in [-0.2, 0) is 19.1 Å². The summed E-state index contributed by atoms with van der Waals surface area (Å²) in [7, 11) is -6.41. The van der Waals surface area contributed by atoms with Crippen LogP contribution in [0.4, 0.5) is 5.69 Å². The number of aromatic nitrogens is 1. The molecule has 3 aromatic rings. The number of sulfonamides is 1. The highest BCUT2D eigenvalue weighted by Crippen LogP contribution is 2.36. The first-order chi connectivity index (χ1) is 13.3. The molecule has 0 amide bonds. The van der Waals surface area contributed by atoms with Gasteiger partial charge in [-0.25, -0.2) is 12.7 Å². The summed E-state index contributed by atoms with van der Waals surface area (Å²) < 4.78 is 45.3. The summed E-state index contributed by atoms with van der Waals surface area (Å²) in [4.78, 5) is 4.19. The lowest BCUT2D eigenvalue weighted by Gasteiger charge is -2.21. The summed E-state index contributed by atoms with van der Waals surface area (Å²) in [6.45, 7) is 1.88. The fourth-order valence-electron chi connectivity index (χ4n) is 2.67. The first-order valence-corrected chi connectivity index (χ1v) is 11.8. The Labute approximate surface area is 174 Å². The summed E-state index contributed by atoms with van der Waals surface area (Å²) >= 11 is 12.0. The van der Waals surface area contributed by atoms with E-state index < -0.39 is 18.1 Å². The van der Waals surface area contributed by atoms with Crippen LogP contribution in [0.2, 0.25) is 10.0 Å². The van der Waals surface area contributed by atoms with E-state index in [-0.39, 0.29) is 33.5 Å². The normalized spacial score (nSPS) is 12.2. The van der Waals surface area contributed by atoms with Crippen molar-refractivity contribution in [1.82, 2.24) is 4.98 Å². The molecule has 0 aliphatic rings. The van der Waals surface area contributed by atoms with Gasteiger partial charge in [0, 0.05) is 21.6 Å². The average Bonchev–Trinajstić information content (AvgIpc) is 2.65. The molecule has 10 heteroatoms. The molecular formula is C18H16Cl2N2O4PS+. The first-order valence-electron chi connectivity index (χ1n) is 8.23. The molecule has 28 heavy (non-hydrogen) atoms. The molecule has 1 heterocycles. The predicted molar refractivity (Wildman–Crippen MR) is 112 cm³/mol. The average molecular weight is 458 g/mol. The highest BCUT2D eigenvalue weighted by atomic mass is 35.5. The van der Waals surface area contributed by atoms with Gasteiger partial charge in [-0.2, -0.15) is 0 Å². The number of para-hydroxylation sites is 1. The third-order valence-corrected chi connectivity index (χ3v) is 7.25. The quantitative estimate of drug-likeness (QED) is 0.439. The number of anilines is 1. The van der Waals surface area contributed by atoms with Crippen LogP contribution in [0.5, 0.6) is 0 Å². The van der Waals surface area contributed by atoms with Gasteiger partial charge >= 0.3 is 8.03 Å². The number of fused-ring (bicyclic) bond motifs is 1. The van der Waals surface area contributed by atoms with Gasteiger partial charge in [0.1, 0.15) is 0 Å². The Hall–Kier alpha value is -1.76. The number of rotatable bonds is 7. The molecule has 0 spiro atoms. The smallest absolute Gasteiger partial charge is 0.254 e. The van der Waals surface area contributed by atoms with Crippen molar-refractivity contribution in [2.45, 2.75) is 11.8 Å². The van der Waals surface area contributed by atoms with E-state index in [0.29, 0.717) is 5.52 Å². The second-order valence-electron chi connectivity index (χ2n) is 5.70. The zero-order valence-corrected chi connectivity index (χ0v) is 18.0. The molecule has 2 aromatic carbocycles. The minimum atomic E-state index is -4.14. The molecule has 3 rings (SSSR count). The molecular weight excluding hydrogens is 442 g/mol. The maximum absolute atomic E-state index is 13.4. The number of benzene rings is 2. The molecule has 1 aromatic heterocycles. The number of hydrogen-bond acceptors (Lipinski definition) is 5. The molecule has 146 valence electrons. The molecule has 0 aliphatic carbocycles. The zero-order valence-electron chi connectivity index (χ0n) is 14.7. The zero-order chi connectivity index (χ0) is 20.3. The van der Waals surface area contributed by atoms with Crippen LogP contribution in [0.3, 0.4) is 0 Å². The van der Waals surface area contributed by atoms with Gasteiger partial charge in [-0.3, -0.25) is 4.98 Å². The number of halogens is 2. The van der Waals surface area contributed by atoms with Crippen LogP contribution in [0.15, 0.2) is 59.6 Å². The lowest BCUT2D eigenvalue weighted by atomic mass is 10.2. The van der Waals surface area contributed by atoms with Gasteiger partial charge in [0.15, 0.2) is 0 Å². The maximum Gasteiger partial charge on any atom is 0.531 e. The molecule has 1 atom stereocenters. The SMILES string of the molecule is CCO[P+](=O)CN(c1cccc2cccnc12)S(=O)(=O)c1cc(Cl)cc(Cl)c1. The van der Waals surface area contributed by atoms with Crippen molar-refractivity contribution in [3.8, 4) is 0 Å². The Morgan fingerprint density at radius 1 is 1.11 bits per heavy atom. The Balaban J connectivity index is 2.20. The van der Waals surface area contributed by atoms with Crippen LogP contribution in [0, 0.1) is 0 Å². The van der Waals surface area contributed by atoms with Crippen LogP contribution in [0.1, 0.15) is 6.92 Å². The minimum absolute atomic E-state index is 0.113. The fraction of sp³-hybridized carbons (Fsp3) is 0.167. The van der Waals surface area contributed by atoms with E-state index >= 15 is 0 Å². The Kier molecular flexibility index (Phi) is 6.53. The summed E-state index contributed by atoms with van der Waals surface area (Å²) in [6, 6.07) is 12.7. The van der Waals surface area contributed by atoms with Gasteiger partial charge in [-0.15, -0.1) is 4.52 Å². The number of hydrogen-bond donors (Lipinski definition) is 0. The highest BCUT2D eigenvalue weighted by Gasteiger charge is 2.35. The van der Waals surface area contributed by atoms with Gasteiger partial charge in [-0.05, 0) is 41.8 Å². The molecule has 0 saturated heterocycles. The molecule has 0 radical (unpaired) electrons. The predicted octanol–water partition coefficient (Wildman–Crippen LogP) is 5.47. The van der Waals surface area contributed by atoms with Crippen LogP contribution in [-0.4, -0.2) is 26.3 Å². The van der Waals surface area contributed by atoms with E-state index in [0.717, 1.165) is 9.69 Å². The second kappa shape index (κ2) is 8.72. The van der Waals surface area contributed by atoms with Crippen LogP contribution < -0.4 is 4.31 Å². The van der Waals surface area contributed by atoms with Crippen molar-refractivity contribution in [3.05, 3.63) is 64.8 Å². The Bertz CT molecular complexity index is 1120. The topological polar surface area (TPSA) is 76.6 Å². The Morgan fingerprint density at radius 3 is 2.46 bits per heavy atom. The molecule has 0 fully saturated rings. The standard InChI is InChI=1S/C18H16Cl2N2O4PS/c1-2-26-27(23)12-22(17-7-3-5-13-6-4-8-21-18(13)17)28(24,25)16-10-14(19)9-15(20)11-16/h3-11H,2,12H2,1H3/q+1. The minimum Gasteiger partial charge on any atom is -0.254 e. The fourth-order valence-corrected chi connectivity index (χ4v) is 6.16. The summed E-state index contributed by atoms with van der Waals surface area (Å²) in [6.07, 6.45) is 1.20. The second-order valence-corrected chi connectivity index (χ2v) is 9.64. The lowest BCUT2D eigenvalue weighted by molar-refractivity contribution is 0.351. The van der Waals surface area contributed by atoms with Crippen molar-refractivity contribution < 1.29 is 17.5 Å². The highest BCUT2D eigenvalue weighted by molar-refractivity contribution is 7.93. The van der Waals surface area contributed by atoms with E-state index in [9.17, 15) is 13.0 Å². The van der Waals surface area contributed by atoms with Crippen molar-refractivity contribution in [1.29, 1.82) is 0 Å². The van der Waals surface area contributed by atoms with Gasteiger partial charge in [0.2, 0.25) is 0 Å². The van der Waals surface area contributed by atoms with Crippen molar-refractivity contribution in [3.63, 3.8) is 0 Å². The van der Waals surface area contributed by atoms with Gasteiger partial charge < -0.3 is 0 Å². The molecule has 6 nitrogen and oxygen atoms in total. The molecule has 0 aliphatic heterocycles. The van der Waals surface area contributed by atoms with Crippen molar-refractivity contribution in [2.75, 3.05) is 17.2 Å². The summed E-state index contributed by atoms with van der Waals surface area (Å²) in [5.74, 6) is 0. The van der Waals surface area contributed by atoms with E-state index in [1.54, 1.807) is 31.3 Å². The molecule has 0 N–H and O–H groups in total. The summed E-state index contributed by atoms with van der Waals surface area (Å²) in [5, 5.41) is 1.10. The van der Waals surface area contributed by atoms with Gasteiger partial charge in [-0.1, -0.05) is 41.4 Å². The van der Waals surface area contributed by atoms with Crippen LogP contribution in [0.25, 0.3) is 10.9 Å². The largest absolute Gasteiger partial charge is 0.531 e. The maximum atomic E-state index is 13.4. The van der Waals surface area contributed by atoms with E-state index in [2.05, 4.69) is 4.98 Å². The van der Waals surface area contributed by atoms with Crippen molar-refractivity contribution >= 4 is 57.8 Å². The summed E-state index contributed by atoms with van der Waals surface area (Å²) in [5.41, 5.74) is 0.749. The third-order valence-electron chi connectivity index (χ3n) is 3.82. The monoisotopic (exact) mass is 457 g/mol. The van der Waals surface area contributed by atoms with E-state index in [1.807, 2.05) is 12.1 Å². The van der Waals surface area contributed by atoms with Gasteiger partial charge in [0.25, 0.3) is 16.3 Å². The first kappa shape index (κ1) is 21.0. The molecule has 1 unspecified atom stereocenters. The Morgan fingerprint density at radius 2 is 1.79 bits per heavy atom. The number of nitrogens with zero attached hydrogens (tertiary/aromatic N) is 2. The number of pyridine rings is 1.